The van der Waals surface area contributed by atoms with Gasteiger partial charge < -0.3 is 10.2 Å². The number of hydrogen-bond donors (Lipinski definition) is 2. The molecule has 0 bridgehead atoms. The van der Waals surface area contributed by atoms with Crippen molar-refractivity contribution < 1.29 is 14.6 Å². The first kappa shape index (κ1) is 9.16. The highest BCUT2D eigenvalue weighted by atomic mass is 19.1. The molecule has 0 radical (unpaired) electrons. The number of aliphatic hydroxyl groups is 2. The van der Waals surface area contributed by atoms with Gasteiger partial charge in [0.25, 0.3) is 0 Å². The van der Waals surface area contributed by atoms with Crippen LogP contribution < -0.4 is 0 Å². The van der Waals surface area contributed by atoms with Crippen LogP contribution in [0, 0.1) is 0 Å². The Hall–Kier alpha value is -0.930. The third-order valence-corrected chi connectivity index (χ3v) is 1.75. The third kappa shape index (κ3) is 1.62. The lowest BCUT2D eigenvalue weighted by Gasteiger charge is -2.23. The van der Waals surface area contributed by atoms with Crippen LogP contribution in [0.1, 0.15) is 12.5 Å². The van der Waals surface area contributed by atoms with Crippen LogP contribution in [0.3, 0.4) is 0 Å². The molecule has 66 valence electrons. The second kappa shape index (κ2) is 3.21. The van der Waals surface area contributed by atoms with Crippen molar-refractivity contribution in [3.63, 3.8) is 0 Å². The average molecular weight is 170 g/mol. The van der Waals surface area contributed by atoms with Crippen LogP contribution in [0.4, 0.5) is 4.39 Å². The molecule has 0 saturated carbocycles. The van der Waals surface area contributed by atoms with E-state index in [0.717, 1.165) is 6.92 Å². The Kier molecular flexibility index (Phi) is 2.45. The van der Waals surface area contributed by atoms with E-state index in [1.165, 1.54) is 12.1 Å². The Balaban J connectivity index is 2.98. The topological polar surface area (TPSA) is 40.5 Å². The second-order valence-electron chi connectivity index (χ2n) is 2.71. The predicted octanol–water partition coefficient (Wildman–Crippen LogP) is 1.18. The molecular weight excluding hydrogens is 159 g/mol. The standard InChI is InChI=1S/C9H11FO2/c1-7(10)9(11,12)8-5-3-2-4-6-8/h2-7,11-12H,1H3. The van der Waals surface area contributed by atoms with E-state index in [1.54, 1.807) is 18.2 Å². The Morgan fingerprint density at radius 2 is 1.75 bits per heavy atom. The van der Waals surface area contributed by atoms with E-state index in [9.17, 15) is 14.6 Å². The first-order chi connectivity index (χ1) is 5.55. The molecule has 1 aromatic rings. The van der Waals surface area contributed by atoms with Gasteiger partial charge in [0.05, 0.1) is 0 Å². The van der Waals surface area contributed by atoms with E-state index >= 15 is 0 Å². The Labute approximate surface area is 70.3 Å². The van der Waals surface area contributed by atoms with Gasteiger partial charge in [0.2, 0.25) is 5.79 Å². The molecule has 0 spiro atoms. The molecule has 1 aromatic carbocycles. The van der Waals surface area contributed by atoms with Crippen LogP contribution in [-0.4, -0.2) is 16.4 Å². The lowest BCUT2D eigenvalue weighted by atomic mass is 10.0. The monoisotopic (exact) mass is 170 g/mol. The summed E-state index contributed by atoms with van der Waals surface area (Å²) in [6.07, 6.45) is -1.71. The molecule has 0 aliphatic rings. The Bertz CT molecular complexity index is 244. The minimum Gasteiger partial charge on any atom is -0.360 e. The lowest BCUT2D eigenvalue weighted by Crippen LogP contribution is -2.34. The predicted molar refractivity (Wildman–Crippen MR) is 43.1 cm³/mol. The molecule has 0 fully saturated rings. The lowest BCUT2D eigenvalue weighted by molar-refractivity contribution is -0.209. The van der Waals surface area contributed by atoms with Crippen LogP contribution in [0.2, 0.25) is 0 Å². The zero-order valence-electron chi connectivity index (χ0n) is 6.74. The smallest absolute Gasteiger partial charge is 0.222 e. The molecule has 2 N–H and O–H groups in total. The highest BCUT2D eigenvalue weighted by molar-refractivity contribution is 5.20. The van der Waals surface area contributed by atoms with Gasteiger partial charge in [-0.3, -0.25) is 0 Å². The molecule has 0 saturated heterocycles. The van der Waals surface area contributed by atoms with Crippen LogP contribution in [-0.2, 0) is 5.79 Å². The van der Waals surface area contributed by atoms with Gasteiger partial charge in [0.1, 0.15) is 0 Å². The van der Waals surface area contributed by atoms with Gasteiger partial charge in [-0.2, -0.15) is 0 Å². The molecule has 1 rings (SSSR count). The van der Waals surface area contributed by atoms with Crippen molar-refractivity contribution in [1.29, 1.82) is 0 Å². The highest BCUT2D eigenvalue weighted by Crippen LogP contribution is 2.23. The summed E-state index contributed by atoms with van der Waals surface area (Å²) in [5.74, 6) is -2.37. The molecule has 1 unspecified atom stereocenters. The molecule has 0 aromatic heterocycles. The molecule has 0 amide bonds. The van der Waals surface area contributed by atoms with E-state index in [2.05, 4.69) is 0 Å². The van der Waals surface area contributed by atoms with Gasteiger partial charge in [-0.15, -0.1) is 0 Å². The molecule has 2 nitrogen and oxygen atoms in total. The maximum Gasteiger partial charge on any atom is 0.222 e. The molecule has 0 aliphatic carbocycles. The minimum atomic E-state index is -2.37. The Morgan fingerprint density at radius 1 is 1.25 bits per heavy atom. The maximum atomic E-state index is 12.7. The zero-order chi connectivity index (χ0) is 9.19. The average Bonchev–Trinajstić information content (AvgIpc) is 2.06. The van der Waals surface area contributed by atoms with E-state index in [4.69, 9.17) is 0 Å². The van der Waals surface area contributed by atoms with E-state index in [-0.39, 0.29) is 5.56 Å². The van der Waals surface area contributed by atoms with Crippen molar-refractivity contribution in [2.24, 2.45) is 0 Å². The second-order valence-corrected chi connectivity index (χ2v) is 2.71. The summed E-state index contributed by atoms with van der Waals surface area (Å²) in [5.41, 5.74) is 0.167. The normalized spacial score (nSPS) is 14.3. The first-order valence-electron chi connectivity index (χ1n) is 3.69. The fraction of sp³-hybridized carbons (Fsp3) is 0.333. The molecule has 0 aliphatic heterocycles. The summed E-state index contributed by atoms with van der Waals surface area (Å²) in [6, 6.07) is 7.91. The van der Waals surface area contributed by atoms with Crippen molar-refractivity contribution in [3.8, 4) is 0 Å². The van der Waals surface area contributed by atoms with Gasteiger partial charge in [0.15, 0.2) is 6.17 Å². The van der Waals surface area contributed by atoms with E-state index in [0.29, 0.717) is 0 Å². The highest BCUT2D eigenvalue weighted by Gasteiger charge is 2.32. The van der Waals surface area contributed by atoms with Gasteiger partial charge in [0, 0.05) is 5.56 Å². The largest absolute Gasteiger partial charge is 0.360 e. The van der Waals surface area contributed by atoms with Crippen LogP contribution in [0.5, 0.6) is 0 Å². The van der Waals surface area contributed by atoms with Crippen LogP contribution in [0.15, 0.2) is 30.3 Å². The molecule has 3 heteroatoms. The fourth-order valence-corrected chi connectivity index (χ4v) is 0.913. The van der Waals surface area contributed by atoms with Crippen molar-refractivity contribution in [2.45, 2.75) is 18.9 Å². The van der Waals surface area contributed by atoms with Gasteiger partial charge >= 0.3 is 0 Å². The summed E-state index contributed by atoms with van der Waals surface area (Å²) in [7, 11) is 0. The Morgan fingerprint density at radius 3 is 2.17 bits per heavy atom. The number of halogens is 1. The van der Waals surface area contributed by atoms with E-state index < -0.39 is 12.0 Å². The minimum absolute atomic E-state index is 0.167. The van der Waals surface area contributed by atoms with Crippen LogP contribution in [0.25, 0.3) is 0 Å². The summed E-state index contributed by atoms with van der Waals surface area (Å²) in [4.78, 5) is 0. The number of alkyl halides is 1. The summed E-state index contributed by atoms with van der Waals surface area (Å²) in [6.45, 7) is 1.10. The van der Waals surface area contributed by atoms with E-state index in [1.807, 2.05) is 0 Å². The maximum absolute atomic E-state index is 12.7. The van der Waals surface area contributed by atoms with Gasteiger partial charge in [-0.1, -0.05) is 30.3 Å². The van der Waals surface area contributed by atoms with Crippen molar-refractivity contribution >= 4 is 0 Å². The number of benzene rings is 1. The number of hydrogen-bond acceptors (Lipinski definition) is 2. The SMILES string of the molecule is CC(F)C(O)(O)c1ccccc1. The summed E-state index contributed by atoms with van der Waals surface area (Å²) < 4.78 is 12.7. The molecule has 0 heterocycles. The molecule has 12 heavy (non-hydrogen) atoms. The quantitative estimate of drug-likeness (QED) is 0.654. The molecular formula is C9H11FO2. The first-order valence-corrected chi connectivity index (χ1v) is 3.69. The summed E-state index contributed by atoms with van der Waals surface area (Å²) in [5, 5.41) is 18.5. The van der Waals surface area contributed by atoms with Gasteiger partial charge in [-0.25, -0.2) is 4.39 Å². The van der Waals surface area contributed by atoms with Gasteiger partial charge in [-0.05, 0) is 6.92 Å². The fourth-order valence-electron chi connectivity index (χ4n) is 0.913. The van der Waals surface area contributed by atoms with Crippen molar-refractivity contribution in [2.75, 3.05) is 0 Å². The number of rotatable bonds is 2. The molecule has 1 atom stereocenters. The van der Waals surface area contributed by atoms with Crippen molar-refractivity contribution in [1.82, 2.24) is 0 Å². The van der Waals surface area contributed by atoms with Crippen molar-refractivity contribution in [3.05, 3.63) is 35.9 Å². The van der Waals surface area contributed by atoms with Crippen LogP contribution >= 0.6 is 0 Å². The summed E-state index contributed by atoms with van der Waals surface area (Å²) >= 11 is 0. The zero-order valence-corrected chi connectivity index (χ0v) is 6.74. The third-order valence-electron chi connectivity index (χ3n) is 1.75.